The van der Waals surface area contributed by atoms with Crippen LogP contribution >= 0.6 is 11.6 Å². The summed E-state index contributed by atoms with van der Waals surface area (Å²) in [6.45, 7) is -1.22. The first kappa shape index (κ1) is 17.4. The minimum Gasteiger partial charge on any atom is -0.256 e. The average Bonchev–Trinajstić information content (AvgIpc) is 3.09. The molecule has 28 heavy (non-hydrogen) atoms. The van der Waals surface area contributed by atoms with Crippen molar-refractivity contribution in [2.24, 2.45) is 0 Å². The Hall–Kier alpha value is -2.68. The minimum atomic E-state index is -4.41. The Labute approximate surface area is 160 Å². The van der Waals surface area contributed by atoms with Crippen LogP contribution in [0.2, 0.25) is 5.15 Å². The van der Waals surface area contributed by atoms with Crippen molar-refractivity contribution in [1.82, 2.24) is 24.4 Å². The molecule has 0 N–H and O–H groups in total. The summed E-state index contributed by atoms with van der Waals surface area (Å²) >= 11 is 6.07. The third-order valence-corrected chi connectivity index (χ3v) is 5.22. The van der Waals surface area contributed by atoms with Gasteiger partial charge in [0.25, 0.3) is 0 Å². The van der Waals surface area contributed by atoms with Gasteiger partial charge in [0, 0.05) is 23.3 Å². The molecule has 1 aromatic carbocycles. The second kappa shape index (κ2) is 5.91. The van der Waals surface area contributed by atoms with E-state index >= 15 is 0 Å². The van der Waals surface area contributed by atoms with Crippen molar-refractivity contribution in [2.45, 2.75) is 31.0 Å². The molecular formula is C18H12ClF4N5. The van der Waals surface area contributed by atoms with Gasteiger partial charge in [-0.3, -0.25) is 4.68 Å². The first-order valence-electron chi connectivity index (χ1n) is 8.51. The fourth-order valence-electron chi connectivity index (χ4n) is 3.76. The highest BCUT2D eigenvalue weighted by Crippen LogP contribution is 2.56. The molecule has 0 unspecified atom stereocenters. The van der Waals surface area contributed by atoms with Crippen LogP contribution in [0.1, 0.15) is 29.4 Å². The summed E-state index contributed by atoms with van der Waals surface area (Å²) < 4.78 is 55.4. The molecule has 10 heteroatoms. The molecule has 1 fully saturated rings. The molecule has 3 heterocycles. The van der Waals surface area contributed by atoms with Crippen LogP contribution in [-0.2, 0) is 6.54 Å². The highest BCUT2D eigenvalue weighted by Gasteiger charge is 2.43. The quantitative estimate of drug-likeness (QED) is 0.461. The summed E-state index contributed by atoms with van der Waals surface area (Å²) in [5.41, 5.74) is 2.12. The van der Waals surface area contributed by atoms with Crippen LogP contribution in [0.25, 0.3) is 16.6 Å². The maximum atomic E-state index is 14.7. The average molecular weight is 410 g/mol. The lowest BCUT2D eigenvalue weighted by Gasteiger charge is -2.09. The number of rotatable bonds is 3. The van der Waals surface area contributed by atoms with E-state index in [-0.39, 0.29) is 17.4 Å². The van der Waals surface area contributed by atoms with Gasteiger partial charge in [0.1, 0.15) is 17.5 Å². The van der Waals surface area contributed by atoms with Gasteiger partial charge in [-0.1, -0.05) is 11.6 Å². The molecule has 0 saturated heterocycles. The predicted molar refractivity (Wildman–Crippen MR) is 93.8 cm³/mol. The highest BCUT2D eigenvalue weighted by molar-refractivity contribution is 6.29. The molecule has 2 atom stereocenters. The SMILES string of the molecule is Fc1cc2cnn(CC(F)(F)F)c2cc1[C@H]1C[C@@H]1c1cc(Cl)nn2ccnc12. The molecule has 0 radical (unpaired) electrons. The molecule has 3 aromatic heterocycles. The van der Waals surface area contributed by atoms with Crippen molar-refractivity contribution in [3.63, 3.8) is 0 Å². The maximum absolute atomic E-state index is 14.7. The summed E-state index contributed by atoms with van der Waals surface area (Å²) in [6, 6.07) is 4.42. The highest BCUT2D eigenvalue weighted by atomic mass is 35.5. The Bertz CT molecular complexity index is 1210. The Morgan fingerprint density at radius 1 is 1.14 bits per heavy atom. The first-order valence-corrected chi connectivity index (χ1v) is 8.89. The van der Waals surface area contributed by atoms with E-state index in [1.807, 2.05) is 0 Å². The lowest BCUT2D eigenvalue weighted by Crippen LogP contribution is -2.18. The van der Waals surface area contributed by atoms with Crippen LogP contribution in [0.5, 0.6) is 0 Å². The van der Waals surface area contributed by atoms with Crippen molar-refractivity contribution in [3.8, 4) is 0 Å². The second-order valence-corrected chi connectivity index (χ2v) is 7.30. The molecule has 1 saturated carbocycles. The van der Waals surface area contributed by atoms with Crippen molar-refractivity contribution < 1.29 is 17.6 Å². The summed E-state index contributed by atoms with van der Waals surface area (Å²) in [6.07, 6.45) is 0.760. The number of halogens is 5. The number of fused-ring (bicyclic) bond motifs is 2. The van der Waals surface area contributed by atoms with Crippen LogP contribution in [0.3, 0.4) is 0 Å². The van der Waals surface area contributed by atoms with Gasteiger partial charge in [-0.05, 0) is 42.0 Å². The van der Waals surface area contributed by atoms with Gasteiger partial charge in [0.05, 0.1) is 11.7 Å². The molecule has 0 spiro atoms. The molecule has 0 amide bonds. The number of hydrogen-bond donors (Lipinski definition) is 0. The van der Waals surface area contributed by atoms with Gasteiger partial charge in [-0.2, -0.15) is 23.4 Å². The standard InChI is InChI=1S/C18H12ClF4N5/c19-16-6-13(17-24-1-2-27(17)26-16)11-4-10(11)12-5-15-9(3-14(12)20)7-25-28(15)8-18(21,22)23/h1-3,5-7,10-11H,4,8H2/t10-,11-/m0/s1. The van der Waals surface area contributed by atoms with Crippen LogP contribution in [-0.4, -0.2) is 30.6 Å². The van der Waals surface area contributed by atoms with Gasteiger partial charge in [0.2, 0.25) is 0 Å². The number of nitrogens with zero attached hydrogens (tertiary/aromatic N) is 5. The fourth-order valence-corrected chi connectivity index (χ4v) is 3.96. The Kier molecular flexibility index (Phi) is 3.67. The number of aromatic nitrogens is 5. The van der Waals surface area contributed by atoms with Crippen LogP contribution in [0, 0.1) is 5.82 Å². The second-order valence-electron chi connectivity index (χ2n) is 6.92. The largest absolute Gasteiger partial charge is 0.408 e. The van der Waals surface area contributed by atoms with E-state index in [9.17, 15) is 17.6 Å². The van der Waals surface area contributed by atoms with E-state index < -0.39 is 18.5 Å². The Morgan fingerprint density at radius 3 is 2.71 bits per heavy atom. The zero-order chi connectivity index (χ0) is 19.6. The first-order chi connectivity index (χ1) is 13.3. The smallest absolute Gasteiger partial charge is 0.256 e. The summed E-state index contributed by atoms with van der Waals surface area (Å²) in [5, 5.41) is 8.52. The molecule has 0 bridgehead atoms. The van der Waals surface area contributed by atoms with E-state index in [4.69, 9.17) is 11.6 Å². The van der Waals surface area contributed by atoms with Crippen molar-refractivity contribution >= 4 is 28.2 Å². The predicted octanol–water partition coefficient (Wildman–Crippen LogP) is 4.70. The number of alkyl halides is 3. The molecular weight excluding hydrogens is 398 g/mol. The van der Waals surface area contributed by atoms with Crippen molar-refractivity contribution in [2.75, 3.05) is 0 Å². The number of hydrogen-bond acceptors (Lipinski definition) is 3. The number of benzene rings is 1. The zero-order valence-electron chi connectivity index (χ0n) is 14.2. The summed E-state index contributed by atoms with van der Waals surface area (Å²) in [7, 11) is 0. The summed E-state index contributed by atoms with van der Waals surface area (Å²) in [5.74, 6) is -0.653. The lowest BCUT2D eigenvalue weighted by molar-refractivity contribution is -0.141. The molecule has 0 aliphatic heterocycles. The van der Waals surface area contributed by atoms with Crippen molar-refractivity contribution in [1.29, 1.82) is 0 Å². The van der Waals surface area contributed by atoms with E-state index in [2.05, 4.69) is 15.2 Å². The van der Waals surface area contributed by atoms with Crippen molar-refractivity contribution in [3.05, 3.63) is 58.9 Å². The molecule has 1 aliphatic rings. The maximum Gasteiger partial charge on any atom is 0.408 e. The molecule has 4 aromatic rings. The van der Waals surface area contributed by atoms with Crippen LogP contribution in [0.15, 0.2) is 36.8 Å². The summed E-state index contributed by atoms with van der Waals surface area (Å²) in [4.78, 5) is 4.28. The van der Waals surface area contributed by atoms with Gasteiger partial charge in [-0.25, -0.2) is 13.9 Å². The van der Waals surface area contributed by atoms with Crippen LogP contribution < -0.4 is 0 Å². The van der Waals surface area contributed by atoms with E-state index in [1.54, 1.807) is 23.0 Å². The third kappa shape index (κ3) is 2.90. The lowest BCUT2D eigenvalue weighted by atomic mass is 10.0. The zero-order valence-corrected chi connectivity index (χ0v) is 14.9. The van der Waals surface area contributed by atoms with Gasteiger partial charge < -0.3 is 0 Å². The normalized spacial score (nSPS) is 19.6. The van der Waals surface area contributed by atoms with Crippen LogP contribution in [0.4, 0.5) is 17.6 Å². The molecule has 1 aliphatic carbocycles. The molecule has 144 valence electrons. The topological polar surface area (TPSA) is 48.0 Å². The monoisotopic (exact) mass is 409 g/mol. The van der Waals surface area contributed by atoms with Gasteiger partial charge in [-0.15, -0.1) is 0 Å². The van der Waals surface area contributed by atoms with E-state index in [1.165, 1.54) is 18.3 Å². The van der Waals surface area contributed by atoms with Gasteiger partial charge >= 0.3 is 6.18 Å². The molecule has 5 nitrogen and oxygen atoms in total. The number of imidazole rings is 1. The Balaban J connectivity index is 1.54. The van der Waals surface area contributed by atoms with Gasteiger partial charge in [0.15, 0.2) is 5.65 Å². The fraction of sp³-hybridized carbons (Fsp3) is 0.278. The van der Waals surface area contributed by atoms with E-state index in [0.29, 0.717) is 28.2 Å². The Morgan fingerprint density at radius 2 is 1.93 bits per heavy atom. The third-order valence-electron chi connectivity index (χ3n) is 5.04. The van der Waals surface area contributed by atoms with E-state index in [0.717, 1.165) is 10.2 Å². The molecule has 5 rings (SSSR count). The minimum absolute atomic E-state index is 0.0312.